The third-order valence-electron chi connectivity index (χ3n) is 12.9. The molecule has 6 heteroatoms. The maximum absolute atomic E-state index is 12.8. The molecule has 0 N–H and O–H groups in total. The number of hydrogen-bond acceptors (Lipinski definition) is 6. The average Bonchev–Trinajstić information content (AvgIpc) is 3.36. The molecule has 0 fully saturated rings. The Morgan fingerprint density at radius 1 is 0.300 bits per heavy atom. The van der Waals surface area contributed by atoms with Gasteiger partial charge in [-0.2, -0.15) is 0 Å². The van der Waals surface area contributed by atoms with Crippen molar-refractivity contribution in [3.8, 4) is 0 Å². The van der Waals surface area contributed by atoms with Gasteiger partial charge in [-0.3, -0.25) is 14.4 Å². The summed E-state index contributed by atoms with van der Waals surface area (Å²) in [7, 11) is 0. The minimum absolute atomic E-state index is 0.0936. The molecule has 404 valence electrons. The lowest BCUT2D eigenvalue weighted by Crippen LogP contribution is -2.30. The van der Waals surface area contributed by atoms with Crippen molar-refractivity contribution in [2.75, 3.05) is 13.2 Å². The van der Waals surface area contributed by atoms with Crippen LogP contribution in [0.2, 0.25) is 0 Å². The smallest absolute Gasteiger partial charge is 0.306 e. The van der Waals surface area contributed by atoms with Gasteiger partial charge in [0.15, 0.2) is 6.10 Å². The number of esters is 3. The second-order valence-electron chi connectivity index (χ2n) is 19.9. The highest BCUT2D eigenvalue weighted by molar-refractivity contribution is 5.71. The van der Waals surface area contributed by atoms with Crippen molar-refractivity contribution in [3.05, 3.63) is 72.9 Å². The van der Waals surface area contributed by atoms with Crippen molar-refractivity contribution in [2.24, 2.45) is 0 Å². The molecule has 0 aliphatic heterocycles. The number of allylic oxidation sites excluding steroid dienone is 12. The Bertz CT molecular complexity index is 1310. The lowest BCUT2D eigenvalue weighted by atomic mass is 10.0. The molecule has 70 heavy (non-hydrogen) atoms. The van der Waals surface area contributed by atoms with Crippen LogP contribution in [-0.4, -0.2) is 37.2 Å². The topological polar surface area (TPSA) is 78.9 Å². The fourth-order valence-electron chi connectivity index (χ4n) is 8.42. The Morgan fingerprint density at radius 2 is 0.557 bits per heavy atom. The summed E-state index contributed by atoms with van der Waals surface area (Å²) in [4.78, 5) is 38.1. The molecule has 6 nitrogen and oxygen atoms in total. The third-order valence-corrected chi connectivity index (χ3v) is 12.9. The zero-order valence-electron chi connectivity index (χ0n) is 46.3. The standard InChI is InChI=1S/C64H112O6/c1-4-7-10-13-16-19-22-25-27-28-29-30-31-32-33-34-35-36-38-39-42-45-48-51-54-57-63(66)69-60-61(59-68-62(65)56-53-50-47-44-41-24-21-18-15-12-9-6-3)70-64(67)58-55-52-49-46-43-40-37-26-23-20-17-14-11-8-5-2/h8,11,17-18,20-21,26,28-29,37,43,46,61H,4-7,9-10,12-16,19,22-25,27,30-36,38-42,44-45,47-60H2,1-3H3/b11-8-,20-17-,21-18-,29-28-,37-26-,46-43-. The van der Waals surface area contributed by atoms with Crippen LogP contribution in [0.15, 0.2) is 72.9 Å². The van der Waals surface area contributed by atoms with Crippen LogP contribution in [0.1, 0.15) is 297 Å². The minimum atomic E-state index is -0.800. The molecule has 0 saturated heterocycles. The van der Waals surface area contributed by atoms with E-state index in [1.807, 2.05) is 0 Å². The largest absolute Gasteiger partial charge is 0.462 e. The fourth-order valence-corrected chi connectivity index (χ4v) is 8.42. The molecule has 0 aliphatic rings. The van der Waals surface area contributed by atoms with Gasteiger partial charge in [-0.05, 0) is 109 Å². The zero-order chi connectivity index (χ0) is 50.7. The molecule has 0 aliphatic carbocycles. The van der Waals surface area contributed by atoms with Crippen molar-refractivity contribution >= 4 is 17.9 Å². The van der Waals surface area contributed by atoms with E-state index < -0.39 is 6.10 Å². The molecule has 1 unspecified atom stereocenters. The Kier molecular flexibility index (Phi) is 55.8. The van der Waals surface area contributed by atoms with Gasteiger partial charge in [0.25, 0.3) is 0 Å². The predicted molar refractivity (Wildman–Crippen MR) is 302 cm³/mol. The van der Waals surface area contributed by atoms with E-state index in [4.69, 9.17) is 14.2 Å². The number of unbranched alkanes of at least 4 members (excludes halogenated alkanes) is 31. The molecule has 0 aromatic rings. The molecule has 0 aromatic heterocycles. The first kappa shape index (κ1) is 66.9. The second-order valence-corrected chi connectivity index (χ2v) is 19.9. The summed E-state index contributed by atoms with van der Waals surface area (Å²) in [6, 6.07) is 0. The first-order chi connectivity index (χ1) is 34.5. The SMILES string of the molecule is CC/C=C\C/C=C\C/C=C\C/C=C\CCCCC(=O)OC(COC(=O)CCCCCCC/C=C\CCCCC)COC(=O)CCCCCCCCCCCCCCC/C=C\CCCCCCCCCC. The molecular formula is C64H112O6. The van der Waals surface area contributed by atoms with Gasteiger partial charge in [-0.25, -0.2) is 0 Å². The first-order valence-electron chi connectivity index (χ1n) is 29.9. The van der Waals surface area contributed by atoms with Crippen LogP contribution in [0.3, 0.4) is 0 Å². The van der Waals surface area contributed by atoms with Gasteiger partial charge in [0.2, 0.25) is 0 Å². The molecule has 0 saturated carbocycles. The molecule has 0 aromatic carbocycles. The van der Waals surface area contributed by atoms with Crippen molar-refractivity contribution in [1.82, 2.24) is 0 Å². The van der Waals surface area contributed by atoms with Crippen molar-refractivity contribution in [3.63, 3.8) is 0 Å². The van der Waals surface area contributed by atoms with E-state index in [1.54, 1.807) is 0 Å². The van der Waals surface area contributed by atoms with E-state index in [0.717, 1.165) is 83.5 Å². The van der Waals surface area contributed by atoms with E-state index in [-0.39, 0.29) is 37.5 Å². The Labute approximate surface area is 433 Å². The fraction of sp³-hybridized carbons (Fsp3) is 0.766. The van der Waals surface area contributed by atoms with Crippen molar-refractivity contribution in [2.45, 2.75) is 303 Å². The van der Waals surface area contributed by atoms with Gasteiger partial charge in [-0.15, -0.1) is 0 Å². The Balaban J connectivity index is 4.28. The van der Waals surface area contributed by atoms with Gasteiger partial charge in [0.1, 0.15) is 13.2 Å². The Morgan fingerprint density at radius 3 is 0.943 bits per heavy atom. The number of hydrogen-bond donors (Lipinski definition) is 0. The van der Waals surface area contributed by atoms with Crippen LogP contribution in [-0.2, 0) is 28.6 Å². The van der Waals surface area contributed by atoms with Gasteiger partial charge < -0.3 is 14.2 Å². The molecule has 0 spiro atoms. The predicted octanol–water partition coefficient (Wildman–Crippen LogP) is 20.2. The van der Waals surface area contributed by atoms with E-state index in [9.17, 15) is 14.4 Å². The van der Waals surface area contributed by atoms with Crippen LogP contribution < -0.4 is 0 Å². The molecule has 0 rings (SSSR count). The monoisotopic (exact) mass is 977 g/mol. The lowest BCUT2D eigenvalue weighted by Gasteiger charge is -2.18. The summed E-state index contributed by atoms with van der Waals surface area (Å²) in [5, 5.41) is 0. The molecule has 0 radical (unpaired) electrons. The summed E-state index contributed by atoms with van der Waals surface area (Å²) in [5.41, 5.74) is 0. The zero-order valence-corrected chi connectivity index (χ0v) is 46.3. The van der Waals surface area contributed by atoms with E-state index in [1.165, 1.54) is 167 Å². The summed E-state index contributed by atoms with van der Waals surface area (Å²) in [6.45, 7) is 6.48. The summed E-state index contributed by atoms with van der Waals surface area (Å²) in [6.07, 6.45) is 74.9. The van der Waals surface area contributed by atoms with E-state index >= 15 is 0 Å². The normalized spacial score (nSPS) is 12.6. The third kappa shape index (κ3) is 55.8. The average molecular weight is 978 g/mol. The Hall–Kier alpha value is -3.15. The van der Waals surface area contributed by atoms with Crippen LogP contribution in [0.4, 0.5) is 0 Å². The van der Waals surface area contributed by atoms with Gasteiger partial charge >= 0.3 is 17.9 Å². The van der Waals surface area contributed by atoms with E-state index in [0.29, 0.717) is 19.3 Å². The summed E-state index contributed by atoms with van der Waals surface area (Å²) < 4.78 is 16.8. The molecule has 0 bridgehead atoms. The molecular weight excluding hydrogens is 865 g/mol. The van der Waals surface area contributed by atoms with Gasteiger partial charge in [0, 0.05) is 19.3 Å². The molecule has 1 atom stereocenters. The number of carbonyl (C=O) groups excluding carboxylic acids is 3. The second kappa shape index (κ2) is 58.4. The summed E-state index contributed by atoms with van der Waals surface area (Å²) >= 11 is 0. The highest BCUT2D eigenvalue weighted by Gasteiger charge is 2.19. The van der Waals surface area contributed by atoms with Crippen LogP contribution >= 0.6 is 0 Å². The van der Waals surface area contributed by atoms with E-state index in [2.05, 4.69) is 93.7 Å². The highest BCUT2D eigenvalue weighted by Crippen LogP contribution is 2.16. The van der Waals surface area contributed by atoms with Crippen LogP contribution in [0, 0.1) is 0 Å². The minimum Gasteiger partial charge on any atom is -0.462 e. The van der Waals surface area contributed by atoms with Gasteiger partial charge in [0.05, 0.1) is 0 Å². The molecule has 0 amide bonds. The molecule has 0 heterocycles. The highest BCUT2D eigenvalue weighted by atomic mass is 16.6. The maximum Gasteiger partial charge on any atom is 0.306 e. The number of carbonyl (C=O) groups is 3. The maximum atomic E-state index is 12.8. The van der Waals surface area contributed by atoms with Gasteiger partial charge in [-0.1, -0.05) is 241 Å². The van der Waals surface area contributed by atoms with Crippen molar-refractivity contribution < 1.29 is 28.6 Å². The van der Waals surface area contributed by atoms with Crippen LogP contribution in [0.25, 0.3) is 0 Å². The quantitative estimate of drug-likeness (QED) is 0.0261. The van der Waals surface area contributed by atoms with Crippen molar-refractivity contribution in [1.29, 1.82) is 0 Å². The number of rotatable bonds is 54. The first-order valence-corrected chi connectivity index (χ1v) is 29.9. The number of ether oxygens (including phenoxy) is 3. The van der Waals surface area contributed by atoms with Crippen LogP contribution in [0.5, 0.6) is 0 Å². The lowest BCUT2D eigenvalue weighted by molar-refractivity contribution is -0.167. The summed E-state index contributed by atoms with van der Waals surface area (Å²) in [5.74, 6) is -0.937.